The van der Waals surface area contributed by atoms with E-state index in [0.29, 0.717) is 18.0 Å². The molecule has 1 fully saturated rings. The molecule has 0 saturated carbocycles. The fourth-order valence-electron chi connectivity index (χ4n) is 4.01. The van der Waals surface area contributed by atoms with E-state index in [1.807, 2.05) is 24.1 Å². The van der Waals surface area contributed by atoms with Gasteiger partial charge in [-0.1, -0.05) is 42.0 Å². The quantitative estimate of drug-likeness (QED) is 0.527. The van der Waals surface area contributed by atoms with Crippen LogP contribution in [0.5, 0.6) is 5.75 Å². The first-order valence-corrected chi connectivity index (χ1v) is 10.9. The van der Waals surface area contributed by atoms with E-state index in [-0.39, 0.29) is 18.4 Å². The van der Waals surface area contributed by atoms with Gasteiger partial charge in [0.15, 0.2) is 13.1 Å². The highest BCUT2D eigenvalue weighted by Crippen LogP contribution is 2.22. The minimum Gasteiger partial charge on any atom is -0.495 e. The third kappa shape index (κ3) is 6.80. The van der Waals surface area contributed by atoms with Crippen LogP contribution in [0.2, 0.25) is 0 Å². The van der Waals surface area contributed by atoms with Gasteiger partial charge < -0.3 is 24.8 Å². The number of ether oxygens (including phenoxy) is 1. The summed E-state index contributed by atoms with van der Waals surface area (Å²) in [7, 11) is 3.45. The third-order valence-corrected chi connectivity index (χ3v) is 5.66. The van der Waals surface area contributed by atoms with Crippen LogP contribution in [0, 0.1) is 6.92 Å². The SMILES string of the molecule is COc1ccccc1NC(=O)C[NH+](C)CC(=O)N1CC[NH+](Cc2cccc(C)c2)CC1. The highest BCUT2D eigenvalue weighted by Gasteiger charge is 2.26. The van der Waals surface area contributed by atoms with Crippen LogP contribution in [-0.4, -0.2) is 70.1 Å². The Balaban J connectivity index is 1.41. The van der Waals surface area contributed by atoms with E-state index in [2.05, 4.69) is 36.5 Å². The molecule has 0 radical (unpaired) electrons. The number of methoxy groups -OCH3 is 1. The maximum atomic E-state index is 12.7. The standard InChI is InChI=1S/C24H32N4O3/c1-19-7-6-8-20(15-19)16-27-11-13-28(14-12-27)24(30)18-26(2)17-23(29)25-21-9-4-5-10-22(21)31-3/h4-10,15H,11-14,16-18H2,1-3H3,(H,25,29)/p+2. The number of para-hydroxylation sites is 2. The number of nitrogens with one attached hydrogen (secondary N) is 3. The predicted octanol–water partition coefficient (Wildman–Crippen LogP) is -0.616. The van der Waals surface area contributed by atoms with Gasteiger partial charge in [-0.3, -0.25) is 9.59 Å². The number of hydrogen-bond acceptors (Lipinski definition) is 3. The fraction of sp³-hybridized carbons (Fsp3) is 0.417. The van der Waals surface area contributed by atoms with E-state index >= 15 is 0 Å². The molecule has 1 aliphatic heterocycles. The second kappa shape index (κ2) is 10.9. The van der Waals surface area contributed by atoms with Crippen molar-refractivity contribution in [3.05, 3.63) is 59.7 Å². The Hall–Kier alpha value is -2.90. The van der Waals surface area contributed by atoms with Crippen LogP contribution in [0.4, 0.5) is 5.69 Å². The van der Waals surface area contributed by atoms with E-state index in [4.69, 9.17) is 4.74 Å². The van der Waals surface area contributed by atoms with Crippen LogP contribution >= 0.6 is 0 Å². The largest absolute Gasteiger partial charge is 0.495 e. The lowest BCUT2D eigenvalue weighted by Crippen LogP contribution is -3.14. The predicted molar refractivity (Wildman–Crippen MR) is 120 cm³/mol. The molecule has 1 aliphatic rings. The Kier molecular flexibility index (Phi) is 8.03. The fourth-order valence-corrected chi connectivity index (χ4v) is 4.01. The van der Waals surface area contributed by atoms with Crippen molar-refractivity contribution < 1.29 is 24.1 Å². The van der Waals surface area contributed by atoms with Gasteiger partial charge in [0.25, 0.3) is 11.8 Å². The van der Waals surface area contributed by atoms with Gasteiger partial charge in [0.1, 0.15) is 12.3 Å². The first kappa shape index (κ1) is 22.8. The van der Waals surface area contributed by atoms with Gasteiger partial charge in [-0.25, -0.2) is 0 Å². The average molecular weight is 427 g/mol. The number of rotatable bonds is 8. The Morgan fingerprint density at radius 2 is 1.84 bits per heavy atom. The molecule has 166 valence electrons. The van der Waals surface area contributed by atoms with Crippen LogP contribution in [0.1, 0.15) is 11.1 Å². The van der Waals surface area contributed by atoms with Crippen molar-refractivity contribution in [1.29, 1.82) is 0 Å². The zero-order chi connectivity index (χ0) is 22.2. The van der Waals surface area contributed by atoms with Crippen LogP contribution in [-0.2, 0) is 16.1 Å². The molecular formula is C24H34N4O3+2. The number of piperazine rings is 1. The van der Waals surface area contributed by atoms with Gasteiger partial charge in [0.05, 0.1) is 46.0 Å². The minimum absolute atomic E-state index is 0.109. The van der Waals surface area contributed by atoms with Crippen LogP contribution in [0.25, 0.3) is 0 Å². The summed E-state index contributed by atoms with van der Waals surface area (Å²) in [4.78, 5) is 29.4. The van der Waals surface area contributed by atoms with Crippen molar-refractivity contribution in [2.45, 2.75) is 13.5 Å². The molecule has 1 saturated heterocycles. The van der Waals surface area contributed by atoms with Crippen LogP contribution in [0.15, 0.2) is 48.5 Å². The summed E-state index contributed by atoms with van der Waals surface area (Å²) in [5, 5.41) is 2.87. The van der Waals surface area contributed by atoms with E-state index in [1.165, 1.54) is 16.0 Å². The van der Waals surface area contributed by atoms with Crippen LogP contribution < -0.4 is 19.9 Å². The minimum atomic E-state index is -0.137. The number of anilines is 1. The molecule has 31 heavy (non-hydrogen) atoms. The highest BCUT2D eigenvalue weighted by atomic mass is 16.5. The molecular weight excluding hydrogens is 392 g/mol. The molecule has 0 spiro atoms. The topological polar surface area (TPSA) is 67.5 Å². The number of carbonyl (C=O) groups excluding carboxylic acids is 2. The molecule has 1 unspecified atom stereocenters. The molecule has 0 aromatic heterocycles. The van der Waals surface area contributed by atoms with Crippen molar-refractivity contribution in [3.63, 3.8) is 0 Å². The zero-order valence-electron chi connectivity index (χ0n) is 18.7. The molecule has 7 heteroatoms. The van der Waals surface area contributed by atoms with Crippen molar-refractivity contribution in [2.75, 3.05) is 58.7 Å². The number of amides is 2. The number of aryl methyl sites for hydroxylation is 1. The number of nitrogens with zero attached hydrogens (tertiary/aromatic N) is 1. The van der Waals surface area contributed by atoms with Crippen molar-refractivity contribution in [2.24, 2.45) is 0 Å². The zero-order valence-corrected chi connectivity index (χ0v) is 18.7. The van der Waals surface area contributed by atoms with Gasteiger partial charge in [0.2, 0.25) is 0 Å². The summed E-state index contributed by atoms with van der Waals surface area (Å²) < 4.78 is 5.26. The van der Waals surface area contributed by atoms with Gasteiger partial charge in [0, 0.05) is 5.56 Å². The Morgan fingerprint density at radius 1 is 1.10 bits per heavy atom. The lowest BCUT2D eigenvalue weighted by Gasteiger charge is -2.32. The number of likely N-dealkylation sites (N-methyl/N-ethyl adjacent to an activating group) is 1. The molecule has 1 atom stereocenters. The molecule has 2 amide bonds. The van der Waals surface area contributed by atoms with E-state index in [0.717, 1.165) is 37.6 Å². The molecule has 0 bridgehead atoms. The summed E-state index contributed by atoms with van der Waals surface area (Å²) in [6.45, 7) is 7.08. The molecule has 2 aromatic carbocycles. The lowest BCUT2D eigenvalue weighted by molar-refractivity contribution is -0.917. The lowest BCUT2D eigenvalue weighted by atomic mass is 10.1. The van der Waals surface area contributed by atoms with Gasteiger partial charge in [-0.05, 0) is 19.1 Å². The van der Waals surface area contributed by atoms with Crippen molar-refractivity contribution in [1.82, 2.24) is 4.90 Å². The summed E-state index contributed by atoms with van der Waals surface area (Å²) in [6.07, 6.45) is 0. The van der Waals surface area contributed by atoms with E-state index in [9.17, 15) is 9.59 Å². The Labute approximate surface area is 184 Å². The summed E-state index contributed by atoms with van der Waals surface area (Å²) >= 11 is 0. The number of carbonyl (C=O) groups is 2. The summed E-state index contributed by atoms with van der Waals surface area (Å²) in [5.74, 6) is 0.593. The third-order valence-electron chi connectivity index (χ3n) is 5.66. The van der Waals surface area contributed by atoms with Crippen molar-refractivity contribution >= 4 is 17.5 Å². The number of benzene rings is 2. The Morgan fingerprint density at radius 3 is 2.55 bits per heavy atom. The van der Waals surface area contributed by atoms with Gasteiger partial charge in [-0.2, -0.15) is 0 Å². The number of hydrogen-bond donors (Lipinski definition) is 3. The second-order valence-electron chi connectivity index (χ2n) is 8.36. The maximum Gasteiger partial charge on any atom is 0.279 e. The first-order valence-electron chi connectivity index (χ1n) is 10.9. The molecule has 0 aliphatic carbocycles. The maximum absolute atomic E-state index is 12.7. The second-order valence-corrected chi connectivity index (χ2v) is 8.36. The molecule has 1 heterocycles. The van der Waals surface area contributed by atoms with Gasteiger partial charge in [-0.15, -0.1) is 0 Å². The summed E-state index contributed by atoms with van der Waals surface area (Å²) in [5.41, 5.74) is 3.27. The van der Waals surface area contributed by atoms with Crippen molar-refractivity contribution in [3.8, 4) is 5.75 Å². The van der Waals surface area contributed by atoms with E-state index in [1.54, 1.807) is 19.2 Å². The monoisotopic (exact) mass is 426 g/mol. The van der Waals surface area contributed by atoms with Gasteiger partial charge >= 0.3 is 0 Å². The molecule has 7 nitrogen and oxygen atoms in total. The molecule has 3 rings (SSSR count). The molecule has 2 aromatic rings. The molecule has 3 N–H and O–H groups in total. The summed E-state index contributed by atoms with van der Waals surface area (Å²) in [6, 6.07) is 15.9. The smallest absolute Gasteiger partial charge is 0.279 e. The Bertz CT molecular complexity index is 894. The van der Waals surface area contributed by atoms with E-state index < -0.39 is 0 Å². The number of quaternary nitrogens is 2. The van der Waals surface area contributed by atoms with Crippen LogP contribution in [0.3, 0.4) is 0 Å². The normalized spacial score (nSPS) is 15.4. The average Bonchev–Trinajstić information content (AvgIpc) is 2.74. The first-order chi connectivity index (χ1) is 14.9. The highest BCUT2D eigenvalue weighted by molar-refractivity contribution is 5.93.